The predicted octanol–water partition coefficient (Wildman–Crippen LogP) is 4.39. The first-order valence-corrected chi connectivity index (χ1v) is 6.71. The monoisotopic (exact) mass is 250 g/mol. The summed E-state index contributed by atoms with van der Waals surface area (Å²) < 4.78 is 11.3. The maximum atomic E-state index is 5.70. The van der Waals surface area contributed by atoms with Crippen molar-refractivity contribution in [3.63, 3.8) is 0 Å². The van der Waals surface area contributed by atoms with Gasteiger partial charge in [-0.1, -0.05) is 29.4 Å². The summed E-state index contributed by atoms with van der Waals surface area (Å²) in [5.74, 6) is -0.546. The van der Waals surface area contributed by atoms with Crippen LogP contribution < -0.4 is 0 Å². The summed E-state index contributed by atoms with van der Waals surface area (Å²) >= 11 is 0. The lowest BCUT2D eigenvalue weighted by atomic mass is 10.1. The van der Waals surface area contributed by atoms with E-state index in [0.29, 0.717) is 6.61 Å². The Labute approximate surface area is 111 Å². The molecule has 0 aromatic heterocycles. The minimum absolute atomic E-state index is 0.183. The van der Waals surface area contributed by atoms with Crippen LogP contribution in [0.15, 0.2) is 35.5 Å². The van der Waals surface area contributed by atoms with Crippen LogP contribution in [0.5, 0.6) is 0 Å². The minimum Gasteiger partial charge on any atom is -0.344 e. The van der Waals surface area contributed by atoms with E-state index in [1.807, 2.05) is 26.0 Å². The maximum Gasteiger partial charge on any atom is 0.185 e. The van der Waals surface area contributed by atoms with Crippen molar-refractivity contribution in [2.45, 2.75) is 59.4 Å². The molecular formula is C16H26O2. The van der Waals surface area contributed by atoms with E-state index >= 15 is 0 Å². The lowest BCUT2D eigenvalue weighted by molar-refractivity contribution is -0.111. The third-order valence-corrected chi connectivity index (χ3v) is 2.91. The molecule has 0 bridgehead atoms. The fraction of sp³-hybridized carbons (Fsp3) is 0.625. The van der Waals surface area contributed by atoms with Gasteiger partial charge in [-0.2, -0.15) is 0 Å². The highest BCUT2D eigenvalue weighted by Crippen LogP contribution is 2.24. The van der Waals surface area contributed by atoms with E-state index in [2.05, 4.69) is 32.9 Å². The van der Waals surface area contributed by atoms with Crippen LogP contribution in [0.4, 0.5) is 0 Å². The second-order valence-electron chi connectivity index (χ2n) is 5.45. The smallest absolute Gasteiger partial charge is 0.185 e. The van der Waals surface area contributed by atoms with Crippen LogP contribution in [0, 0.1) is 0 Å². The number of hydrogen-bond acceptors (Lipinski definition) is 2. The Morgan fingerprint density at radius 3 is 2.61 bits per heavy atom. The molecule has 1 aliphatic heterocycles. The molecule has 0 radical (unpaired) electrons. The third kappa shape index (κ3) is 5.65. The van der Waals surface area contributed by atoms with Crippen molar-refractivity contribution in [1.82, 2.24) is 0 Å². The predicted molar refractivity (Wildman–Crippen MR) is 76.5 cm³/mol. The Hall–Kier alpha value is -0.860. The zero-order chi connectivity index (χ0) is 13.6. The molecule has 0 amide bonds. The van der Waals surface area contributed by atoms with Crippen molar-refractivity contribution >= 4 is 0 Å². The van der Waals surface area contributed by atoms with E-state index in [9.17, 15) is 0 Å². The molecule has 2 nitrogen and oxygen atoms in total. The van der Waals surface area contributed by atoms with Crippen molar-refractivity contribution in [3.8, 4) is 0 Å². The molecule has 1 aliphatic rings. The molecule has 1 fully saturated rings. The average molecular weight is 250 g/mol. The van der Waals surface area contributed by atoms with Crippen LogP contribution in [0.3, 0.4) is 0 Å². The molecule has 102 valence electrons. The standard InChI is InChI=1S/C16H26O2/c1-13(2)8-6-9-14(3)10-7-11-16(5)17-12-15(4)18-16/h7-8,10-11,15H,6,9,12H2,1-5H3. The Morgan fingerprint density at radius 1 is 1.33 bits per heavy atom. The summed E-state index contributed by atoms with van der Waals surface area (Å²) in [6, 6.07) is 0. The Balaban J connectivity index is 2.40. The van der Waals surface area contributed by atoms with Gasteiger partial charge >= 0.3 is 0 Å². The zero-order valence-electron chi connectivity index (χ0n) is 12.3. The molecule has 2 atom stereocenters. The molecule has 1 saturated heterocycles. The second kappa shape index (κ2) is 6.91. The molecular weight excluding hydrogens is 224 g/mol. The molecule has 0 N–H and O–H groups in total. The second-order valence-corrected chi connectivity index (χ2v) is 5.45. The highest BCUT2D eigenvalue weighted by atomic mass is 16.7. The quantitative estimate of drug-likeness (QED) is 0.532. The van der Waals surface area contributed by atoms with Crippen molar-refractivity contribution < 1.29 is 9.47 Å². The van der Waals surface area contributed by atoms with Gasteiger partial charge in [-0.3, -0.25) is 0 Å². The summed E-state index contributed by atoms with van der Waals surface area (Å²) in [4.78, 5) is 0. The molecule has 0 aromatic carbocycles. The molecule has 0 spiro atoms. The summed E-state index contributed by atoms with van der Waals surface area (Å²) in [6.07, 6.45) is 10.8. The SMILES string of the molecule is CC(C)=CCCC(C)=CC=CC1(C)OCC(C)O1. The molecule has 2 unspecified atom stereocenters. The zero-order valence-corrected chi connectivity index (χ0v) is 12.3. The first kappa shape index (κ1) is 15.2. The van der Waals surface area contributed by atoms with Gasteiger partial charge in [-0.05, 0) is 53.5 Å². The normalized spacial score (nSPS) is 28.9. The van der Waals surface area contributed by atoms with Gasteiger partial charge < -0.3 is 9.47 Å². The lowest BCUT2D eigenvalue weighted by Crippen LogP contribution is -2.22. The molecule has 2 heteroatoms. The molecule has 0 aromatic rings. The molecule has 1 rings (SSSR count). The third-order valence-electron chi connectivity index (χ3n) is 2.91. The van der Waals surface area contributed by atoms with E-state index in [1.165, 1.54) is 11.1 Å². The lowest BCUT2D eigenvalue weighted by Gasteiger charge is -2.17. The van der Waals surface area contributed by atoms with E-state index in [4.69, 9.17) is 9.47 Å². The van der Waals surface area contributed by atoms with Crippen LogP contribution in [-0.2, 0) is 9.47 Å². The Kier molecular flexibility index (Phi) is 5.83. The first-order chi connectivity index (χ1) is 8.41. The fourth-order valence-electron chi connectivity index (χ4n) is 1.90. The maximum absolute atomic E-state index is 5.70. The summed E-state index contributed by atoms with van der Waals surface area (Å²) in [6.45, 7) is 11.1. The highest BCUT2D eigenvalue weighted by molar-refractivity contribution is 5.14. The van der Waals surface area contributed by atoms with E-state index in [1.54, 1.807) is 0 Å². The summed E-state index contributed by atoms with van der Waals surface area (Å²) in [5, 5.41) is 0. The van der Waals surface area contributed by atoms with E-state index in [0.717, 1.165) is 12.8 Å². The van der Waals surface area contributed by atoms with Crippen LogP contribution in [0.2, 0.25) is 0 Å². The van der Waals surface area contributed by atoms with Crippen LogP contribution in [0.1, 0.15) is 47.5 Å². The topological polar surface area (TPSA) is 18.5 Å². The van der Waals surface area contributed by atoms with Gasteiger partial charge in [-0.25, -0.2) is 0 Å². The van der Waals surface area contributed by atoms with Crippen molar-refractivity contribution in [1.29, 1.82) is 0 Å². The largest absolute Gasteiger partial charge is 0.344 e. The van der Waals surface area contributed by atoms with E-state index < -0.39 is 5.79 Å². The Morgan fingerprint density at radius 2 is 2.06 bits per heavy atom. The van der Waals surface area contributed by atoms with Gasteiger partial charge in [0.15, 0.2) is 5.79 Å². The molecule has 1 heterocycles. The number of hydrogen-bond donors (Lipinski definition) is 0. The van der Waals surface area contributed by atoms with Crippen LogP contribution >= 0.6 is 0 Å². The Bertz CT molecular complexity index is 348. The first-order valence-electron chi connectivity index (χ1n) is 6.71. The molecule has 0 aliphatic carbocycles. The number of ether oxygens (including phenoxy) is 2. The fourth-order valence-corrected chi connectivity index (χ4v) is 1.90. The summed E-state index contributed by atoms with van der Waals surface area (Å²) in [5.41, 5.74) is 2.76. The average Bonchev–Trinajstić information content (AvgIpc) is 2.58. The molecule has 0 saturated carbocycles. The van der Waals surface area contributed by atoms with Gasteiger partial charge in [0.05, 0.1) is 12.7 Å². The minimum atomic E-state index is -0.546. The van der Waals surface area contributed by atoms with Gasteiger partial charge in [0.1, 0.15) is 0 Å². The molecule has 18 heavy (non-hydrogen) atoms. The van der Waals surface area contributed by atoms with E-state index in [-0.39, 0.29) is 6.10 Å². The van der Waals surface area contributed by atoms with Gasteiger partial charge in [-0.15, -0.1) is 0 Å². The highest BCUT2D eigenvalue weighted by Gasteiger charge is 2.32. The van der Waals surface area contributed by atoms with Gasteiger partial charge in [0, 0.05) is 0 Å². The van der Waals surface area contributed by atoms with Crippen LogP contribution in [0.25, 0.3) is 0 Å². The van der Waals surface area contributed by atoms with Crippen molar-refractivity contribution in [2.75, 3.05) is 6.61 Å². The number of allylic oxidation sites excluding steroid dienone is 5. The summed E-state index contributed by atoms with van der Waals surface area (Å²) in [7, 11) is 0. The van der Waals surface area contributed by atoms with Crippen molar-refractivity contribution in [3.05, 3.63) is 35.5 Å². The van der Waals surface area contributed by atoms with Gasteiger partial charge in [0.2, 0.25) is 0 Å². The van der Waals surface area contributed by atoms with Crippen LogP contribution in [-0.4, -0.2) is 18.5 Å². The van der Waals surface area contributed by atoms with Crippen molar-refractivity contribution in [2.24, 2.45) is 0 Å². The van der Waals surface area contributed by atoms with Gasteiger partial charge in [0.25, 0.3) is 0 Å². The number of rotatable bonds is 5.